The van der Waals surface area contributed by atoms with Crippen LogP contribution in [0, 0.1) is 5.92 Å². The molecule has 0 unspecified atom stereocenters. The van der Waals surface area contributed by atoms with Gasteiger partial charge in [-0.3, -0.25) is 24.0 Å². The molecule has 2 aromatic carbocycles. The van der Waals surface area contributed by atoms with Gasteiger partial charge in [-0.25, -0.2) is 0 Å². The van der Waals surface area contributed by atoms with Crippen molar-refractivity contribution in [3.63, 3.8) is 0 Å². The van der Waals surface area contributed by atoms with Gasteiger partial charge in [-0.2, -0.15) is 0 Å². The number of nitrogens with one attached hydrogen (secondary N) is 2. The van der Waals surface area contributed by atoms with E-state index in [1.807, 2.05) is 0 Å². The monoisotopic (exact) mass is 543 g/mol. The molecule has 2 rings (SSSR count). The topological polar surface area (TPSA) is 187 Å². The van der Waals surface area contributed by atoms with E-state index in [1.165, 1.54) is 0 Å². The van der Waals surface area contributed by atoms with Gasteiger partial charge >= 0.3 is 0 Å². The molecule has 0 bridgehead atoms. The smallest absolute Gasteiger partial charge is 0.251 e. The summed E-state index contributed by atoms with van der Waals surface area (Å²) in [7, 11) is 0. The first-order valence-electron chi connectivity index (χ1n) is 12.3. The van der Waals surface area contributed by atoms with E-state index < -0.39 is 48.1 Å². The highest BCUT2D eigenvalue weighted by atomic mass is 35.5. The first-order chi connectivity index (χ1) is 18.1. The molecule has 0 aromatic heterocycles. The van der Waals surface area contributed by atoms with Crippen LogP contribution in [-0.2, 0) is 25.6 Å². The Balaban J connectivity index is 2.25. The number of unbranched alkanes of at least 4 members (excludes halogenated alkanes) is 1. The van der Waals surface area contributed by atoms with Crippen molar-refractivity contribution in [2.24, 2.45) is 23.1 Å². The number of Topliss-reactive ketones (excluding diaryl/α,β-unsaturated/α-hetero) is 1. The lowest BCUT2D eigenvalue weighted by Crippen LogP contribution is -2.49. The van der Waals surface area contributed by atoms with Crippen LogP contribution in [-0.4, -0.2) is 48.0 Å². The largest absolute Gasteiger partial charge is 0.370 e. The van der Waals surface area contributed by atoms with Crippen LogP contribution in [0.4, 0.5) is 0 Å². The normalized spacial score (nSPS) is 13.1. The van der Waals surface area contributed by atoms with E-state index in [4.69, 9.17) is 28.8 Å². The Morgan fingerprint density at radius 2 is 1.47 bits per heavy atom. The second kappa shape index (κ2) is 15.5. The lowest BCUT2D eigenvalue weighted by molar-refractivity contribution is -0.133. The van der Waals surface area contributed by atoms with Crippen LogP contribution in [0.1, 0.15) is 48.0 Å². The standard InChI is InChI=1S/C27H34ClN5O5/c28-20-11-9-17(10-12-20)14-21(32-26(37)18-6-2-1-3-7-18)23(34)15-19(8-4-5-13-29)27(38)33-22(25(31)36)16-24(30)35/h1-3,6-7,9-12,19,21-22H,4-5,8,13-16,29H2,(H2,30,35)(H2,31,36)(H,32,37)(H,33,38)/t19-,21+,22+/m1/s1. The molecule has 0 radical (unpaired) electrons. The Morgan fingerprint density at radius 1 is 0.816 bits per heavy atom. The number of carbonyl (C=O) groups is 5. The number of amides is 4. The van der Waals surface area contributed by atoms with E-state index in [-0.39, 0.29) is 18.6 Å². The maximum atomic E-state index is 13.5. The van der Waals surface area contributed by atoms with Crippen LogP contribution in [0.2, 0.25) is 5.02 Å². The zero-order chi connectivity index (χ0) is 28.1. The van der Waals surface area contributed by atoms with Crippen molar-refractivity contribution in [3.8, 4) is 0 Å². The highest BCUT2D eigenvalue weighted by molar-refractivity contribution is 6.30. The van der Waals surface area contributed by atoms with Crippen molar-refractivity contribution in [3.05, 3.63) is 70.7 Å². The Hall–Kier alpha value is -3.76. The second-order valence-corrected chi connectivity index (χ2v) is 9.44. The molecule has 10 nitrogen and oxygen atoms in total. The number of hydrogen-bond donors (Lipinski definition) is 5. The van der Waals surface area contributed by atoms with E-state index >= 15 is 0 Å². The van der Waals surface area contributed by atoms with Crippen molar-refractivity contribution in [1.29, 1.82) is 0 Å². The summed E-state index contributed by atoms with van der Waals surface area (Å²) in [6, 6.07) is 13.1. The van der Waals surface area contributed by atoms with Crippen LogP contribution in [0.25, 0.3) is 0 Å². The summed E-state index contributed by atoms with van der Waals surface area (Å²) < 4.78 is 0. The molecule has 0 heterocycles. The zero-order valence-corrected chi connectivity index (χ0v) is 21.8. The average molecular weight is 544 g/mol. The summed E-state index contributed by atoms with van der Waals surface area (Å²) in [4.78, 5) is 62.5. The van der Waals surface area contributed by atoms with Crippen LogP contribution in [0.5, 0.6) is 0 Å². The summed E-state index contributed by atoms with van der Waals surface area (Å²) in [5.74, 6) is -3.98. The number of halogens is 1. The third-order valence-electron chi connectivity index (χ3n) is 5.97. The maximum Gasteiger partial charge on any atom is 0.251 e. The van der Waals surface area contributed by atoms with Crippen molar-refractivity contribution in [2.75, 3.05) is 6.54 Å². The van der Waals surface area contributed by atoms with Crippen molar-refractivity contribution in [2.45, 2.75) is 50.6 Å². The van der Waals surface area contributed by atoms with Gasteiger partial charge in [0.1, 0.15) is 6.04 Å². The molecule has 11 heteroatoms. The molecule has 8 N–H and O–H groups in total. The van der Waals surface area contributed by atoms with Gasteiger partial charge in [0.2, 0.25) is 17.7 Å². The number of benzene rings is 2. The maximum absolute atomic E-state index is 13.5. The molecule has 2 aromatic rings. The second-order valence-electron chi connectivity index (χ2n) is 9.01. The fraction of sp³-hybridized carbons (Fsp3) is 0.370. The number of rotatable bonds is 16. The van der Waals surface area contributed by atoms with Gasteiger partial charge in [0.25, 0.3) is 5.91 Å². The van der Waals surface area contributed by atoms with E-state index in [1.54, 1.807) is 54.6 Å². The van der Waals surface area contributed by atoms with Crippen molar-refractivity contribution in [1.82, 2.24) is 10.6 Å². The SMILES string of the molecule is NCCCC[C@H](CC(=O)[C@H](Cc1ccc(Cl)cc1)NC(=O)c1ccccc1)C(=O)N[C@@H](CC(N)=O)C(N)=O. The Kier molecular flexibility index (Phi) is 12.4. The van der Waals surface area contributed by atoms with E-state index in [0.29, 0.717) is 36.4 Å². The number of hydrogen-bond acceptors (Lipinski definition) is 6. The zero-order valence-electron chi connectivity index (χ0n) is 21.0. The molecule has 0 aliphatic carbocycles. The summed E-state index contributed by atoms with van der Waals surface area (Å²) in [5, 5.41) is 5.76. The minimum Gasteiger partial charge on any atom is -0.370 e. The molecular weight excluding hydrogens is 510 g/mol. The first-order valence-corrected chi connectivity index (χ1v) is 12.7. The third-order valence-corrected chi connectivity index (χ3v) is 6.23. The minimum absolute atomic E-state index is 0.178. The molecule has 38 heavy (non-hydrogen) atoms. The minimum atomic E-state index is -1.30. The molecule has 0 saturated heterocycles. The molecular formula is C27H34ClN5O5. The van der Waals surface area contributed by atoms with Gasteiger partial charge in [0, 0.05) is 22.9 Å². The summed E-state index contributed by atoms with van der Waals surface area (Å²) in [6.45, 7) is 0.403. The molecule has 4 amide bonds. The average Bonchev–Trinajstić information content (AvgIpc) is 2.88. The predicted molar refractivity (Wildman–Crippen MR) is 144 cm³/mol. The fourth-order valence-electron chi connectivity index (χ4n) is 3.89. The number of primary amides is 2. The van der Waals surface area contributed by atoms with Crippen molar-refractivity contribution >= 4 is 41.0 Å². The van der Waals surface area contributed by atoms with E-state index in [9.17, 15) is 24.0 Å². The van der Waals surface area contributed by atoms with Crippen molar-refractivity contribution < 1.29 is 24.0 Å². The highest BCUT2D eigenvalue weighted by Gasteiger charge is 2.30. The summed E-state index contributed by atoms with van der Waals surface area (Å²) in [5.41, 5.74) is 17.2. The van der Waals surface area contributed by atoms with Crippen LogP contribution >= 0.6 is 11.6 Å². The van der Waals surface area contributed by atoms with Crippen LogP contribution in [0.15, 0.2) is 54.6 Å². The van der Waals surface area contributed by atoms with Crippen LogP contribution in [0.3, 0.4) is 0 Å². The highest BCUT2D eigenvalue weighted by Crippen LogP contribution is 2.18. The van der Waals surface area contributed by atoms with Gasteiger partial charge in [0.05, 0.1) is 12.5 Å². The fourth-order valence-corrected chi connectivity index (χ4v) is 4.02. The first kappa shape index (κ1) is 30.5. The van der Waals surface area contributed by atoms with Gasteiger partial charge in [-0.05, 0) is 55.6 Å². The summed E-state index contributed by atoms with van der Waals surface area (Å²) in [6.07, 6.45) is 0.978. The summed E-state index contributed by atoms with van der Waals surface area (Å²) >= 11 is 5.98. The molecule has 0 fully saturated rings. The molecule has 3 atom stereocenters. The number of ketones is 1. The Morgan fingerprint density at radius 3 is 2.05 bits per heavy atom. The lowest BCUT2D eigenvalue weighted by atomic mass is 9.90. The molecule has 204 valence electrons. The Labute approximate surface area is 226 Å². The molecule has 0 aliphatic rings. The Bertz CT molecular complexity index is 1110. The van der Waals surface area contributed by atoms with Gasteiger partial charge in [-0.1, -0.05) is 48.4 Å². The van der Waals surface area contributed by atoms with E-state index in [2.05, 4.69) is 10.6 Å². The molecule has 0 spiro atoms. The molecule has 0 aliphatic heterocycles. The molecule has 0 saturated carbocycles. The van der Waals surface area contributed by atoms with Crippen LogP contribution < -0.4 is 27.8 Å². The number of nitrogens with two attached hydrogens (primary N) is 3. The van der Waals surface area contributed by atoms with E-state index in [0.717, 1.165) is 5.56 Å². The number of carbonyl (C=O) groups excluding carboxylic acids is 5. The quantitative estimate of drug-likeness (QED) is 0.198. The van der Waals surface area contributed by atoms with Gasteiger partial charge in [-0.15, -0.1) is 0 Å². The van der Waals surface area contributed by atoms with Gasteiger partial charge in [0.15, 0.2) is 5.78 Å². The predicted octanol–water partition coefficient (Wildman–Crippen LogP) is 1.23. The third kappa shape index (κ3) is 10.3. The van der Waals surface area contributed by atoms with Gasteiger partial charge < -0.3 is 27.8 Å². The lowest BCUT2D eigenvalue weighted by Gasteiger charge is -2.23.